The highest BCUT2D eigenvalue weighted by Crippen LogP contribution is 2.37. The molecule has 0 bridgehead atoms. The lowest BCUT2D eigenvalue weighted by Gasteiger charge is -2.12. The molecule has 2 heterocycles. The van der Waals surface area contributed by atoms with Crippen LogP contribution >= 0.6 is 0 Å². The zero-order chi connectivity index (χ0) is 38.6. The van der Waals surface area contributed by atoms with Gasteiger partial charge in [-0.25, -0.2) is 9.97 Å². The smallest absolute Gasteiger partial charge is 0.160 e. The fourth-order valence-corrected chi connectivity index (χ4v) is 7.58. The maximum Gasteiger partial charge on any atom is 0.160 e. The minimum atomic E-state index is 0.678. The maximum absolute atomic E-state index is 6.14. The first-order valence-corrected chi connectivity index (χ1v) is 19.3. The second-order valence-corrected chi connectivity index (χ2v) is 14.2. The van der Waals surface area contributed by atoms with Crippen molar-refractivity contribution in [1.82, 2.24) is 9.97 Å². The molecule has 3 nitrogen and oxygen atoms in total. The third-order valence-corrected chi connectivity index (χ3v) is 10.5. The van der Waals surface area contributed by atoms with Crippen molar-refractivity contribution in [3.05, 3.63) is 218 Å². The molecule has 0 atom stereocenters. The molecule has 8 aromatic rings. The van der Waals surface area contributed by atoms with Crippen molar-refractivity contribution >= 4 is 22.6 Å². The number of allylic oxidation sites excluding steroid dienone is 8. The molecule has 57 heavy (non-hydrogen) atoms. The summed E-state index contributed by atoms with van der Waals surface area (Å²) in [5.74, 6) is 1.56. The van der Waals surface area contributed by atoms with E-state index in [2.05, 4.69) is 164 Å². The van der Waals surface area contributed by atoms with E-state index in [-0.39, 0.29) is 0 Å². The summed E-state index contributed by atoms with van der Waals surface area (Å²) in [6.45, 7) is 5.86. The van der Waals surface area contributed by atoms with Gasteiger partial charge in [-0.1, -0.05) is 177 Å². The standard InChI is InChI=1S/C54H40N2O/c1-3-4-26-48-37(2)57-52-28-15-27-49(53(48)52)39-29-31-41(32-30-39)51-36-50(40-18-10-7-11-19-40)55-54(56-51)47-25-14-24-46(35-47)45-23-13-22-44(34-45)43-21-12-20-42(33-43)38-16-8-5-6-9-17-38/h3-8,10-36H,1,9H2,2H3/b26-4-. The highest BCUT2D eigenvalue weighted by molar-refractivity contribution is 6.01. The van der Waals surface area contributed by atoms with E-state index < -0.39 is 0 Å². The second kappa shape index (κ2) is 15.8. The average molecular weight is 733 g/mol. The monoisotopic (exact) mass is 732 g/mol. The van der Waals surface area contributed by atoms with E-state index in [1.807, 2.05) is 43.3 Å². The topological polar surface area (TPSA) is 38.9 Å². The zero-order valence-electron chi connectivity index (χ0n) is 31.8. The Morgan fingerprint density at radius 3 is 1.84 bits per heavy atom. The summed E-state index contributed by atoms with van der Waals surface area (Å²) in [5, 5.41) is 1.10. The van der Waals surface area contributed by atoms with Crippen molar-refractivity contribution in [2.45, 2.75) is 13.3 Å². The van der Waals surface area contributed by atoms with Gasteiger partial charge in [0.2, 0.25) is 0 Å². The number of aromatic nitrogens is 2. The number of furan rings is 1. The first-order chi connectivity index (χ1) is 28.1. The molecule has 272 valence electrons. The Labute approximate surface area is 334 Å². The van der Waals surface area contributed by atoms with Crippen LogP contribution in [0.5, 0.6) is 0 Å². The molecule has 2 aromatic heterocycles. The molecule has 0 radical (unpaired) electrons. The lowest BCUT2D eigenvalue weighted by molar-refractivity contribution is 0.577. The molecule has 0 amide bonds. The second-order valence-electron chi connectivity index (χ2n) is 14.2. The predicted molar refractivity (Wildman–Crippen MR) is 239 cm³/mol. The van der Waals surface area contributed by atoms with Gasteiger partial charge in [-0.05, 0) is 88.2 Å². The number of fused-ring (bicyclic) bond motifs is 1. The average Bonchev–Trinajstić information content (AvgIpc) is 3.40. The van der Waals surface area contributed by atoms with E-state index >= 15 is 0 Å². The number of benzene rings is 6. The first kappa shape index (κ1) is 35.3. The lowest BCUT2D eigenvalue weighted by Crippen LogP contribution is -1.96. The Kier molecular flexibility index (Phi) is 9.79. The Bertz CT molecular complexity index is 2890. The summed E-state index contributed by atoms with van der Waals surface area (Å²) < 4.78 is 6.14. The largest absolute Gasteiger partial charge is 0.461 e. The molecule has 3 heteroatoms. The highest BCUT2D eigenvalue weighted by Gasteiger charge is 2.16. The Balaban J connectivity index is 1.07. The molecule has 0 spiro atoms. The van der Waals surface area contributed by atoms with E-state index in [4.69, 9.17) is 14.4 Å². The van der Waals surface area contributed by atoms with Crippen LogP contribution in [0.15, 0.2) is 205 Å². The summed E-state index contributed by atoms with van der Waals surface area (Å²) in [4.78, 5) is 10.3. The van der Waals surface area contributed by atoms with E-state index in [0.29, 0.717) is 5.82 Å². The van der Waals surface area contributed by atoms with E-state index in [9.17, 15) is 0 Å². The highest BCUT2D eigenvalue weighted by atomic mass is 16.3. The molecule has 0 N–H and O–H groups in total. The summed E-state index contributed by atoms with van der Waals surface area (Å²) in [7, 11) is 0. The SMILES string of the molecule is C=C/C=C\c1c(C)oc2cccc(-c3ccc(-c4cc(-c5ccccc5)nc(-c5cccc(-c6cccc(-c7cccc(C8=CCC=CC=C8)c7)c6)c5)n4)cc3)c12. The van der Waals surface area contributed by atoms with Gasteiger partial charge in [0.25, 0.3) is 0 Å². The minimum absolute atomic E-state index is 0.678. The molecule has 0 unspecified atom stereocenters. The number of rotatable bonds is 9. The molecule has 1 aliphatic rings. The van der Waals surface area contributed by atoms with Crippen molar-refractivity contribution < 1.29 is 4.42 Å². The van der Waals surface area contributed by atoms with Gasteiger partial charge < -0.3 is 4.42 Å². The van der Waals surface area contributed by atoms with Gasteiger partial charge in [-0.3, -0.25) is 0 Å². The van der Waals surface area contributed by atoms with Crippen molar-refractivity contribution in [2.24, 2.45) is 0 Å². The Morgan fingerprint density at radius 2 is 1.14 bits per heavy atom. The fraction of sp³-hybridized carbons (Fsp3) is 0.0370. The van der Waals surface area contributed by atoms with Crippen molar-refractivity contribution in [2.75, 3.05) is 0 Å². The van der Waals surface area contributed by atoms with Gasteiger partial charge >= 0.3 is 0 Å². The Morgan fingerprint density at radius 1 is 0.561 bits per heavy atom. The molecule has 0 saturated carbocycles. The molecule has 0 saturated heterocycles. The minimum Gasteiger partial charge on any atom is -0.461 e. The maximum atomic E-state index is 6.14. The van der Waals surface area contributed by atoms with Crippen molar-refractivity contribution in [3.63, 3.8) is 0 Å². The number of hydrogen-bond donors (Lipinski definition) is 0. The predicted octanol–water partition coefficient (Wildman–Crippen LogP) is 14.6. The molecule has 0 fully saturated rings. The molecule has 0 aliphatic heterocycles. The van der Waals surface area contributed by atoms with E-state index in [1.165, 1.54) is 22.3 Å². The summed E-state index contributed by atoms with van der Waals surface area (Å²) in [5.41, 5.74) is 16.0. The van der Waals surface area contributed by atoms with Crippen LogP contribution in [0, 0.1) is 6.92 Å². The quantitative estimate of drug-likeness (QED) is 0.139. The fourth-order valence-electron chi connectivity index (χ4n) is 7.58. The van der Waals surface area contributed by atoms with Gasteiger partial charge in [-0.2, -0.15) is 0 Å². The van der Waals surface area contributed by atoms with Gasteiger partial charge in [-0.15, -0.1) is 0 Å². The van der Waals surface area contributed by atoms with Crippen LogP contribution in [0.1, 0.15) is 23.3 Å². The Hall–Kier alpha value is -7.36. The molecular weight excluding hydrogens is 693 g/mol. The van der Waals surface area contributed by atoms with Crippen molar-refractivity contribution in [3.8, 4) is 67.3 Å². The number of aryl methyl sites for hydroxylation is 1. The van der Waals surface area contributed by atoms with Crippen LogP contribution in [0.25, 0.3) is 89.9 Å². The summed E-state index contributed by atoms with van der Waals surface area (Å²) >= 11 is 0. The van der Waals surface area contributed by atoms with Crippen molar-refractivity contribution in [1.29, 1.82) is 0 Å². The van der Waals surface area contributed by atoms with Crippen LogP contribution < -0.4 is 0 Å². The van der Waals surface area contributed by atoms with E-state index in [0.717, 1.165) is 79.0 Å². The summed E-state index contributed by atoms with van der Waals surface area (Å²) in [6.07, 6.45) is 17.6. The van der Waals surface area contributed by atoms with Crippen LogP contribution in [-0.2, 0) is 0 Å². The number of hydrogen-bond acceptors (Lipinski definition) is 3. The van der Waals surface area contributed by atoms with Gasteiger partial charge in [0.05, 0.1) is 11.4 Å². The zero-order valence-corrected chi connectivity index (χ0v) is 31.8. The molecule has 1 aliphatic carbocycles. The van der Waals surface area contributed by atoms with Crippen LogP contribution in [-0.4, -0.2) is 9.97 Å². The number of nitrogens with zero attached hydrogens (tertiary/aromatic N) is 2. The van der Waals surface area contributed by atoms with Crippen LogP contribution in [0.3, 0.4) is 0 Å². The van der Waals surface area contributed by atoms with Gasteiger partial charge in [0.1, 0.15) is 11.3 Å². The summed E-state index contributed by atoms with van der Waals surface area (Å²) in [6, 6.07) is 53.4. The third kappa shape index (κ3) is 7.39. The van der Waals surface area contributed by atoms with Crippen LogP contribution in [0.2, 0.25) is 0 Å². The van der Waals surface area contributed by atoms with Gasteiger partial charge in [0.15, 0.2) is 5.82 Å². The molecule has 6 aromatic carbocycles. The lowest BCUT2D eigenvalue weighted by atomic mass is 9.95. The van der Waals surface area contributed by atoms with E-state index in [1.54, 1.807) is 6.08 Å². The third-order valence-electron chi connectivity index (χ3n) is 10.5. The molecule has 9 rings (SSSR count). The van der Waals surface area contributed by atoms with Crippen LogP contribution in [0.4, 0.5) is 0 Å². The molecular formula is C54H40N2O. The first-order valence-electron chi connectivity index (χ1n) is 19.3. The normalized spacial score (nSPS) is 12.5. The van der Waals surface area contributed by atoms with Gasteiger partial charge in [0, 0.05) is 27.6 Å².